The van der Waals surface area contributed by atoms with Gasteiger partial charge in [-0.05, 0) is 24.3 Å². The van der Waals surface area contributed by atoms with E-state index in [-0.39, 0.29) is 5.69 Å². The van der Waals surface area contributed by atoms with Crippen LogP contribution in [0.4, 0.5) is 5.69 Å². The molecule has 0 atom stereocenters. The van der Waals surface area contributed by atoms with Gasteiger partial charge in [-0.1, -0.05) is 29.3 Å². The molecule has 20 heavy (non-hydrogen) atoms. The minimum Gasteiger partial charge on any atom is -0.397 e. The van der Waals surface area contributed by atoms with Crippen LogP contribution in [0.25, 0.3) is 16.9 Å². The van der Waals surface area contributed by atoms with E-state index in [2.05, 4.69) is 4.98 Å². The number of hydrogen-bond donors (Lipinski definition) is 1. The lowest BCUT2D eigenvalue weighted by molar-refractivity contribution is 0.839. The van der Waals surface area contributed by atoms with Crippen molar-refractivity contribution in [3.63, 3.8) is 0 Å². The van der Waals surface area contributed by atoms with Gasteiger partial charge in [-0.2, -0.15) is 0 Å². The van der Waals surface area contributed by atoms with Gasteiger partial charge in [-0.15, -0.1) is 0 Å². The highest BCUT2D eigenvalue weighted by Crippen LogP contribution is 2.28. The van der Waals surface area contributed by atoms with Crippen molar-refractivity contribution in [1.82, 2.24) is 14.1 Å². The molecule has 3 rings (SSSR count). The van der Waals surface area contributed by atoms with Crippen LogP contribution in [0.2, 0.25) is 10.2 Å². The molecule has 5 nitrogen and oxygen atoms in total. The maximum Gasteiger partial charge on any atom is 0.334 e. The zero-order chi connectivity index (χ0) is 14.4. The van der Waals surface area contributed by atoms with Crippen molar-refractivity contribution in [2.45, 2.75) is 0 Å². The van der Waals surface area contributed by atoms with Crippen LogP contribution in [0.5, 0.6) is 0 Å². The average Bonchev–Trinajstić information content (AvgIpc) is 2.64. The molecule has 3 aromatic rings. The van der Waals surface area contributed by atoms with Gasteiger partial charge in [0, 0.05) is 7.05 Å². The number of nitrogen functional groups attached to an aromatic ring is 1. The summed E-state index contributed by atoms with van der Waals surface area (Å²) in [5.74, 6) is 0. The monoisotopic (exact) mass is 308 g/mol. The van der Waals surface area contributed by atoms with Crippen LogP contribution in [-0.2, 0) is 7.05 Å². The fourth-order valence-electron chi connectivity index (χ4n) is 2.17. The molecule has 102 valence electrons. The van der Waals surface area contributed by atoms with Gasteiger partial charge in [0.1, 0.15) is 5.15 Å². The lowest BCUT2D eigenvalue weighted by Crippen LogP contribution is -2.22. The second-order valence-electron chi connectivity index (χ2n) is 4.33. The molecule has 0 saturated heterocycles. The summed E-state index contributed by atoms with van der Waals surface area (Å²) in [6, 6.07) is 8.44. The third kappa shape index (κ3) is 1.78. The van der Waals surface area contributed by atoms with E-state index in [1.54, 1.807) is 37.4 Å². The number of imidazole rings is 1. The fourth-order valence-corrected chi connectivity index (χ4v) is 2.58. The number of benzene rings is 1. The van der Waals surface area contributed by atoms with Gasteiger partial charge in [0.05, 0.1) is 21.9 Å². The smallest absolute Gasteiger partial charge is 0.334 e. The molecule has 0 aliphatic heterocycles. The minimum absolute atomic E-state index is 0.283. The van der Waals surface area contributed by atoms with E-state index in [9.17, 15) is 4.79 Å². The first-order valence-electron chi connectivity index (χ1n) is 5.79. The first-order valence-corrected chi connectivity index (χ1v) is 6.54. The maximum atomic E-state index is 12.4. The Morgan fingerprint density at radius 2 is 1.95 bits per heavy atom. The van der Waals surface area contributed by atoms with Crippen molar-refractivity contribution in [3.05, 3.63) is 51.0 Å². The summed E-state index contributed by atoms with van der Waals surface area (Å²) >= 11 is 12.1. The summed E-state index contributed by atoms with van der Waals surface area (Å²) < 4.78 is 2.85. The predicted octanol–water partition coefficient (Wildman–Crippen LogP) is 2.61. The number of nitrogens with two attached hydrogens (primary N) is 1. The molecule has 1 aromatic carbocycles. The van der Waals surface area contributed by atoms with Crippen molar-refractivity contribution >= 4 is 40.1 Å². The molecule has 0 bridgehead atoms. The molecule has 0 saturated carbocycles. The number of pyridine rings is 1. The van der Waals surface area contributed by atoms with Gasteiger partial charge in [-0.3, -0.25) is 9.13 Å². The predicted molar refractivity (Wildman–Crippen MR) is 80.7 cm³/mol. The summed E-state index contributed by atoms with van der Waals surface area (Å²) in [7, 11) is 1.62. The van der Waals surface area contributed by atoms with E-state index >= 15 is 0 Å². The van der Waals surface area contributed by atoms with Gasteiger partial charge in [0.2, 0.25) is 0 Å². The number of rotatable bonds is 1. The van der Waals surface area contributed by atoms with E-state index in [0.717, 1.165) is 0 Å². The standard InChI is InChI=1S/C13H10Cl2N4O/c1-18-12-9(5-6-10(15)17-12)19(13(18)20)11-7(14)3-2-4-8(11)16/h2-6H,16H2,1H3. The maximum absolute atomic E-state index is 12.4. The summed E-state index contributed by atoms with van der Waals surface area (Å²) in [5, 5.41) is 0.715. The van der Waals surface area contributed by atoms with Crippen molar-refractivity contribution in [2.24, 2.45) is 7.05 Å². The number of nitrogens with zero attached hydrogens (tertiary/aromatic N) is 3. The van der Waals surface area contributed by atoms with Gasteiger partial charge in [0.15, 0.2) is 5.65 Å². The molecular formula is C13H10Cl2N4O. The van der Waals surface area contributed by atoms with Crippen molar-refractivity contribution in [3.8, 4) is 5.69 Å². The zero-order valence-electron chi connectivity index (χ0n) is 10.5. The SMILES string of the molecule is Cn1c(=O)n(-c2c(N)cccc2Cl)c2ccc(Cl)nc21. The van der Waals surface area contributed by atoms with Crippen LogP contribution >= 0.6 is 23.2 Å². The number of halogens is 2. The van der Waals surface area contributed by atoms with E-state index in [0.29, 0.717) is 32.7 Å². The van der Waals surface area contributed by atoms with E-state index in [1.165, 1.54) is 9.13 Å². The van der Waals surface area contributed by atoms with Gasteiger partial charge >= 0.3 is 5.69 Å². The molecular weight excluding hydrogens is 299 g/mol. The summed E-state index contributed by atoms with van der Waals surface area (Å²) in [6.45, 7) is 0. The zero-order valence-corrected chi connectivity index (χ0v) is 12.0. The van der Waals surface area contributed by atoms with Crippen LogP contribution in [-0.4, -0.2) is 14.1 Å². The molecule has 0 aliphatic rings. The first kappa shape index (κ1) is 13.0. The number of anilines is 1. The summed E-state index contributed by atoms with van der Waals surface area (Å²) in [4.78, 5) is 16.6. The van der Waals surface area contributed by atoms with Gasteiger partial charge in [0.25, 0.3) is 0 Å². The number of hydrogen-bond acceptors (Lipinski definition) is 3. The van der Waals surface area contributed by atoms with Gasteiger partial charge < -0.3 is 5.73 Å². The second kappa shape index (κ2) is 4.54. The molecule has 7 heteroatoms. The first-order chi connectivity index (χ1) is 9.50. The van der Waals surface area contributed by atoms with Crippen molar-refractivity contribution in [2.75, 3.05) is 5.73 Å². The van der Waals surface area contributed by atoms with Crippen LogP contribution < -0.4 is 11.4 Å². The highest BCUT2D eigenvalue weighted by molar-refractivity contribution is 6.33. The molecule has 2 N–H and O–H groups in total. The Kier molecular flexibility index (Phi) is 2.96. The number of para-hydroxylation sites is 1. The molecule has 0 aliphatic carbocycles. The molecule has 0 unspecified atom stereocenters. The van der Waals surface area contributed by atoms with E-state index < -0.39 is 0 Å². The van der Waals surface area contributed by atoms with Crippen LogP contribution in [0.3, 0.4) is 0 Å². The number of aromatic nitrogens is 3. The molecule has 0 amide bonds. The lowest BCUT2D eigenvalue weighted by atomic mass is 10.2. The second-order valence-corrected chi connectivity index (χ2v) is 5.13. The Morgan fingerprint density at radius 3 is 2.65 bits per heavy atom. The molecule has 2 heterocycles. The normalized spacial score (nSPS) is 11.2. The molecule has 0 radical (unpaired) electrons. The minimum atomic E-state index is -0.283. The Hall–Kier alpha value is -1.98. The Labute approximate surface area is 124 Å². The van der Waals surface area contributed by atoms with E-state index in [4.69, 9.17) is 28.9 Å². The topological polar surface area (TPSA) is 65.8 Å². The Balaban J connectivity index is 2.49. The summed E-state index contributed by atoms with van der Waals surface area (Å²) in [5.41, 5.74) is 7.61. The van der Waals surface area contributed by atoms with Crippen LogP contribution in [0.15, 0.2) is 35.1 Å². The largest absolute Gasteiger partial charge is 0.397 e. The average molecular weight is 309 g/mol. The molecule has 2 aromatic heterocycles. The van der Waals surface area contributed by atoms with Gasteiger partial charge in [-0.25, -0.2) is 9.78 Å². The third-order valence-corrected chi connectivity index (χ3v) is 3.61. The number of fused-ring (bicyclic) bond motifs is 1. The summed E-state index contributed by atoms with van der Waals surface area (Å²) in [6.07, 6.45) is 0. The highest BCUT2D eigenvalue weighted by Gasteiger charge is 2.17. The van der Waals surface area contributed by atoms with Crippen LogP contribution in [0.1, 0.15) is 0 Å². The third-order valence-electron chi connectivity index (χ3n) is 3.10. The molecule has 0 fully saturated rings. The Morgan fingerprint density at radius 1 is 1.20 bits per heavy atom. The van der Waals surface area contributed by atoms with Crippen molar-refractivity contribution < 1.29 is 0 Å². The van der Waals surface area contributed by atoms with Crippen molar-refractivity contribution in [1.29, 1.82) is 0 Å². The molecule has 0 spiro atoms. The lowest BCUT2D eigenvalue weighted by Gasteiger charge is -2.08. The fraction of sp³-hybridized carbons (Fsp3) is 0.0769. The Bertz CT molecular complexity index is 862. The van der Waals surface area contributed by atoms with Crippen LogP contribution in [0, 0.1) is 0 Å². The van der Waals surface area contributed by atoms with E-state index in [1.807, 2.05) is 0 Å². The highest BCUT2D eigenvalue weighted by atomic mass is 35.5. The number of aryl methyl sites for hydroxylation is 1. The quantitative estimate of drug-likeness (QED) is 0.555.